The lowest BCUT2D eigenvalue weighted by molar-refractivity contribution is -0.122. The maximum absolute atomic E-state index is 12.3. The molecule has 2 aliphatic heterocycles. The molecule has 0 bridgehead atoms. The molecule has 10 nitrogen and oxygen atoms in total. The molecule has 1 aromatic rings. The second kappa shape index (κ2) is 8.41. The highest BCUT2D eigenvalue weighted by molar-refractivity contribution is 6.76. The summed E-state index contributed by atoms with van der Waals surface area (Å²) in [6, 6.07) is 0.992. The molecule has 0 spiro atoms. The molecule has 2 amide bonds. The van der Waals surface area contributed by atoms with Crippen LogP contribution in [0, 0.1) is 0 Å². The van der Waals surface area contributed by atoms with Gasteiger partial charge < -0.3 is 19.9 Å². The highest BCUT2D eigenvalue weighted by Gasteiger charge is 2.35. The molecular formula is C17H27N5O5Si. The van der Waals surface area contributed by atoms with Gasteiger partial charge in [0.15, 0.2) is 12.4 Å². The summed E-state index contributed by atoms with van der Waals surface area (Å²) in [5.41, 5.74) is 5.54. The summed E-state index contributed by atoms with van der Waals surface area (Å²) in [6.45, 7) is 8.06. The van der Waals surface area contributed by atoms with Crippen molar-refractivity contribution in [3.8, 4) is 5.88 Å². The van der Waals surface area contributed by atoms with Gasteiger partial charge in [-0.15, -0.1) is 0 Å². The Balaban J connectivity index is 1.73. The van der Waals surface area contributed by atoms with Crippen LogP contribution in [0.15, 0.2) is 6.20 Å². The second-order valence-corrected chi connectivity index (χ2v) is 13.6. The number of nitrogens with two attached hydrogens (primary N) is 1. The maximum Gasteiger partial charge on any atom is 0.415 e. The standard InChI is InChI=1S/C17H27N5O5Si/c1-28(2,3)7-6-25-11-22-14(23)10-26-16-15(22)20-13(8-19-16)21-9-12(4-5-18)27-17(21)24/h8,12H,4-7,9-11,18H2,1-3H3. The molecule has 0 radical (unpaired) electrons. The van der Waals surface area contributed by atoms with Gasteiger partial charge in [0, 0.05) is 14.7 Å². The van der Waals surface area contributed by atoms with Crippen molar-refractivity contribution >= 4 is 31.7 Å². The Bertz CT molecular complexity index is 741. The number of cyclic esters (lactones) is 1. The molecule has 3 heterocycles. The van der Waals surface area contributed by atoms with E-state index >= 15 is 0 Å². The average Bonchev–Trinajstić information content (AvgIpc) is 2.99. The molecule has 0 aliphatic carbocycles. The molecule has 154 valence electrons. The lowest BCUT2D eigenvalue weighted by atomic mass is 10.2. The topological polar surface area (TPSA) is 120 Å². The van der Waals surface area contributed by atoms with E-state index in [0.717, 1.165) is 6.04 Å². The summed E-state index contributed by atoms with van der Waals surface area (Å²) in [5.74, 6) is 0.519. The number of carbonyl (C=O) groups excluding carboxylic acids is 2. The van der Waals surface area contributed by atoms with Crippen molar-refractivity contribution in [2.45, 2.75) is 38.2 Å². The van der Waals surface area contributed by atoms with E-state index in [1.54, 1.807) is 0 Å². The van der Waals surface area contributed by atoms with Crippen LogP contribution in [0.5, 0.6) is 5.88 Å². The lowest BCUT2D eigenvalue weighted by Crippen LogP contribution is -2.42. The van der Waals surface area contributed by atoms with Gasteiger partial charge in [-0.25, -0.2) is 14.8 Å². The first-order chi connectivity index (χ1) is 13.3. The summed E-state index contributed by atoms with van der Waals surface area (Å²) < 4.78 is 16.4. The predicted octanol–water partition coefficient (Wildman–Crippen LogP) is 1.19. The lowest BCUT2D eigenvalue weighted by Gasteiger charge is -2.28. The molecule has 1 saturated heterocycles. The summed E-state index contributed by atoms with van der Waals surface area (Å²) in [5, 5.41) is 0. The molecule has 2 aliphatic rings. The minimum atomic E-state index is -1.23. The number of amides is 2. The molecule has 2 N–H and O–H groups in total. The molecule has 1 aromatic heterocycles. The molecular weight excluding hydrogens is 382 g/mol. The first-order valence-corrected chi connectivity index (χ1v) is 13.1. The number of anilines is 2. The van der Waals surface area contributed by atoms with E-state index in [4.69, 9.17) is 19.9 Å². The van der Waals surface area contributed by atoms with Crippen LogP contribution in [0.4, 0.5) is 16.4 Å². The third-order valence-corrected chi connectivity index (χ3v) is 6.16. The van der Waals surface area contributed by atoms with E-state index in [-0.39, 0.29) is 37.0 Å². The Hall–Kier alpha value is -2.24. The first-order valence-electron chi connectivity index (χ1n) is 9.34. The number of hydrogen-bond donors (Lipinski definition) is 1. The maximum atomic E-state index is 12.3. The highest BCUT2D eigenvalue weighted by Crippen LogP contribution is 2.31. The van der Waals surface area contributed by atoms with Crippen LogP contribution in [0.25, 0.3) is 0 Å². The number of nitrogens with zero attached hydrogens (tertiary/aromatic N) is 4. The largest absolute Gasteiger partial charge is 0.465 e. The Morgan fingerprint density at radius 1 is 1.36 bits per heavy atom. The molecule has 1 atom stereocenters. The van der Waals surface area contributed by atoms with Crippen LogP contribution in [0.3, 0.4) is 0 Å². The molecule has 3 rings (SSSR count). The predicted molar refractivity (Wildman–Crippen MR) is 105 cm³/mol. The number of hydrogen-bond acceptors (Lipinski definition) is 8. The minimum absolute atomic E-state index is 0.0675. The van der Waals surface area contributed by atoms with E-state index in [2.05, 4.69) is 29.6 Å². The van der Waals surface area contributed by atoms with Crippen molar-refractivity contribution in [1.29, 1.82) is 0 Å². The van der Waals surface area contributed by atoms with Crippen LogP contribution in [0.1, 0.15) is 6.42 Å². The zero-order valence-corrected chi connectivity index (χ0v) is 17.5. The van der Waals surface area contributed by atoms with Gasteiger partial charge in [-0.3, -0.25) is 14.6 Å². The van der Waals surface area contributed by atoms with Crippen molar-refractivity contribution < 1.29 is 23.8 Å². The molecule has 0 aromatic carbocycles. The van der Waals surface area contributed by atoms with E-state index in [9.17, 15) is 9.59 Å². The number of fused-ring (bicyclic) bond motifs is 1. The minimum Gasteiger partial charge on any atom is -0.465 e. The van der Waals surface area contributed by atoms with Gasteiger partial charge >= 0.3 is 6.09 Å². The van der Waals surface area contributed by atoms with Gasteiger partial charge in [-0.2, -0.15) is 0 Å². The van der Waals surface area contributed by atoms with Crippen LogP contribution < -0.4 is 20.3 Å². The van der Waals surface area contributed by atoms with E-state index < -0.39 is 14.2 Å². The third-order valence-electron chi connectivity index (χ3n) is 4.45. The van der Waals surface area contributed by atoms with Gasteiger partial charge in [0.2, 0.25) is 5.82 Å². The zero-order valence-electron chi connectivity index (χ0n) is 16.5. The Kier molecular flexibility index (Phi) is 6.16. The summed E-state index contributed by atoms with van der Waals surface area (Å²) in [6.07, 6.45) is 1.22. The molecule has 1 fully saturated rings. The number of ether oxygens (including phenoxy) is 3. The fraction of sp³-hybridized carbons (Fsp3) is 0.647. The Morgan fingerprint density at radius 2 is 2.14 bits per heavy atom. The summed E-state index contributed by atoms with van der Waals surface area (Å²) >= 11 is 0. The summed E-state index contributed by atoms with van der Waals surface area (Å²) in [4.78, 5) is 35.9. The highest BCUT2D eigenvalue weighted by atomic mass is 28.3. The summed E-state index contributed by atoms with van der Waals surface area (Å²) in [7, 11) is -1.23. The van der Waals surface area contributed by atoms with Gasteiger partial charge in [0.25, 0.3) is 11.8 Å². The van der Waals surface area contributed by atoms with E-state index in [0.29, 0.717) is 31.9 Å². The van der Waals surface area contributed by atoms with Crippen LogP contribution in [0.2, 0.25) is 25.7 Å². The van der Waals surface area contributed by atoms with Gasteiger partial charge in [-0.05, 0) is 19.0 Å². The van der Waals surface area contributed by atoms with Crippen LogP contribution in [-0.2, 0) is 14.3 Å². The van der Waals surface area contributed by atoms with Crippen molar-refractivity contribution in [2.24, 2.45) is 5.73 Å². The molecule has 11 heteroatoms. The van der Waals surface area contributed by atoms with E-state index in [1.807, 2.05) is 0 Å². The van der Waals surface area contributed by atoms with Crippen LogP contribution >= 0.6 is 0 Å². The molecule has 0 saturated carbocycles. The molecule has 1 unspecified atom stereocenters. The van der Waals surface area contributed by atoms with Crippen molar-refractivity contribution in [3.63, 3.8) is 0 Å². The quantitative estimate of drug-likeness (QED) is 0.502. The molecule has 28 heavy (non-hydrogen) atoms. The Labute approximate surface area is 165 Å². The first kappa shape index (κ1) is 20.5. The fourth-order valence-electron chi connectivity index (χ4n) is 2.81. The average molecular weight is 410 g/mol. The van der Waals surface area contributed by atoms with Crippen molar-refractivity contribution in [3.05, 3.63) is 6.20 Å². The normalized spacial score (nSPS) is 19.5. The van der Waals surface area contributed by atoms with Gasteiger partial charge in [0.05, 0.1) is 12.7 Å². The van der Waals surface area contributed by atoms with Crippen LogP contribution in [-0.4, -0.2) is 69.2 Å². The monoisotopic (exact) mass is 409 g/mol. The second-order valence-electron chi connectivity index (χ2n) is 8.01. The number of carbonyl (C=O) groups is 2. The third kappa shape index (κ3) is 4.78. The van der Waals surface area contributed by atoms with Crippen molar-refractivity contribution in [1.82, 2.24) is 9.97 Å². The van der Waals surface area contributed by atoms with Gasteiger partial charge in [-0.1, -0.05) is 19.6 Å². The Morgan fingerprint density at radius 3 is 2.86 bits per heavy atom. The van der Waals surface area contributed by atoms with Gasteiger partial charge in [0.1, 0.15) is 12.8 Å². The fourth-order valence-corrected chi connectivity index (χ4v) is 3.56. The number of rotatable bonds is 8. The smallest absolute Gasteiger partial charge is 0.415 e. The van der Waals surface area contributed by atoms with E-state index in [1.165, 1.54) is 16.0 Å². The number of aromatic nitrogens is 2. The zero-order chi connectivity index (χ0) is 20.3. The van der Waals surface area contributed by atoms with Crippen molar-refractivity contribution in [2.75, 3.05) is 42.8 Å². The SMILES string of the molecule is C[Si](C)(C)CCOCN1C(=O)COc2ncc(N3CC(CCN)OC3=O)nc21.